The molecule has 0 radical (unpaired) electrons. The van der Waals surface area contributed by atoms with E-state index in [0.29, 0.717) is 5.70 Å². The lowest BCUT2D eigenvalue weighted by atomic mass is 9.79. The van der Waals surface area contributed by atoms with Gasteiger partial charge in [-0.1, -0.05) is 12.2 Å². The summed E-state index contributed by atoms with van der Waals surface area (Å²) < 4.78 is 0. The highest BCUT2D eigenvalue weighted by Gasteiger charge is 2.44. The zero-order valence-corrected chi connectivity index (χ0v) is 7.78. The number of carbonyl (C=O) groups excluding carboxylic acids is 1. The van der Waals surface area contributed by atoms with Crippen LogP contribution in [0, 0.1) is 5.41 Å². The number of carbonyl (C=O) groups is 2. The lowest BCUT2D eigenvalue weighted by Gasteiger charge is -2.26. The fourth-order valence-corrected chi connectivity index (χ4v) is 1.40. The third-order valence-corrected chi connectivity index (χ3v) is 2.19. The van der Waals surface area contributed by atoms with Gasteiger partial charge in [0.1, 0.15) is 0 Å². The van der Waals surface area contributed by atoms with Crippen LogP contribution in [-0.2, 0) is 9.59 Å². The van der Waals surface area contributed by atoms with Crippen LogP contribution in [0.1, 0.15) is 6.42 Å². The van der Waals surface area contributed by atoms with Crippen molar-refractivity contribution in [3.05, 3.63) is 23.9 Å². The van der Waals surface area contributed by atoms with Gasteiger partial charge in [0.2, 0.25) is 5.91 Å². The molecule has 0 heterocycles. The Labute approximate surface area is 81.3 Å². The van der Waals surface area contributed by atoms with Crippen molar-refractivity contribution in [3.63, 3.8) is 0 Å². The molecule has 5 nitrogen and oxygen atoms in total. The molecule has 0 aromatic heterocycles. The van der Waals surface area contributed by atoms with Crippen LogP contribution < -0.4 is 11.1 Å². The number of nitrogens with one attached hydrogen (secondary N) is 1. The third kappa shape index (κ3) is 1.48. The van der Waals surface area contributed by atoms with E-state index in [1.165, 1.54) is 19.2 Å². The van der Waals surface area contributed by atoms with Gasteiger partial charge in [0.15, 0.2) is 5.41 Å². The molecule has 0 saturated heterocycles. The lowest BCUT2D eigenvalue weighted by Crippen LogP contribution is -2.45. The minimum atomic E-state index is -1.55. The van der Waals surface area contributed by atoms with E-state index in [1.54, 1.807) is 6.08 Å². The van der Waals surface area contributed by atoms with Crippen molar-refractivity contribution in [2.24, 2.45) is 11.1 Å². The van der Waals surface area contributed by atoms with Gasteiger partial charge < -0.3 is 16.2 Å². The minimum Gasteiger partial charge on any atom is -0.480 e. The number of aliphatic carboxylic acids is 1. The van der Waals surface area contributed by atoms with Crippen LogP contribution in [0.4, 0.5) is 0 Å². The van der Waals surface area contributed by atoms with Gasteiger partial charge in [-0.25, -0.2) is 0 Å². The number of amides is 1. The van der Waals surface area contributed by atoms with Crippen LogP contribution >= 0.6 is 0 Å². The SMILES string of the molecule is CNC(=O)C1(C(=O)O)C=CC=C(N)C1. The first-order valence-corrected chi connectivity index (χ1v) is 4.12. The Kier molecular flexibility index (Phi) is 2.60. The zero-order valence-electron chi connectivity index (χ0n) is 7.78. The maximum absolute atomic E-state index is 11.4. The van der Waals surface area contributed by atoms with E-state index in [9.17, 15) is 9.59 Å². The number of hydrogen-bond donors (Lipinski definition) is 3. The van der Waals surface area contributed by atoms with Crippen LogP contribution in [0.15, 0.2) is 23.9 Å². The summed E-state index contributed by atoms with van der Waals surface area (Å²) in [7, 11) is 1.40. The maximum atomic E-state index is 11.4. The summed E-state index contributed by atoms with van der Waals surface area (Å²) in [5.74, 6) is -1.75. The largest absolute Gasteiger partial charge is 0.480 e. The molecule has 76 valence electrons. The maximum Gasteiger partial charge on any atom is 0.323 e. The van der Waals surface area contributed by atoms with Gasteiger partial charge in [0, 0.05) is 19.2 Å². The molecule has 0 fully saturated rings. The fourth-order valence-electron chi connectivity index (χ4n) is 1.40. The molecule has 0 spiro atoms. The van der Waals surface area contributed by atoms with E-state index >= 15 is 0 Å². The van der Waals surface area contributed by atoms with E-state index in [4.69, 9.17) is 10.8 Å². The normalized spacial score (nSPS) is 25.4. The molecule has 1 aliphatic carbocycles. The monoisotopic (exact) mass is 196 g/mol. The summed E-state index contributed by atoms with van der Waals surface area (Å²) in [4.78, 5) is 22.5. The molecule has 1 atom stereocenters. The number of nitrogens with two attached hydrogens (primary N) is 1. The van der Waals surface area contributed by atoms with E-state index in [0.717, 1.165) is 0 Å². The van der Waals surface area contributed by atoms with Crippen molar-refractivity contribution in [1.29, 1.82) is 0 Å². The fraction of sp³-hybridized carbons (Fsp3) is 0.333. The van der Waals surface area contributed by atoms with E-state index in [2.05, 4.69) is 5.32 Å². The molecule has 0 saturated carbocycles. The Bertz CT molecular complexity index is 333. The number of carboxylic acid groups (broad SMARTS) is 1. The van der Waals surface area contributed by atoms with Crippen LogP contribution in [0.2, 0.25) is 0 Å². The van der Waals surface area contributed by atoms with Gasteiger partial charge >= 0.3 is 5.97 Å². The van der Waals surface area contributed by atoms with Gasteiger partial charge in [-0.15, -0.1) is 0 Å². The summed E-state index contributed by atoms with van der Waals surface area (Å²) in [5.41, 5.74) is 4.35. The van der Waals surface area contributed by atoms with Gasteiger partial charge in [-0.05, 0) is 6.08 Å². The zero-order chi connectivity index (χ0) is 10.8. The highest BCUT2D eigenvalue weighted by molar-refractivity contribution is 6.04. The van der Waals surface area contributed by atoms with Gasteiger partial charge in [0.05, 0.1) is 0 Å². The standard InChI is InChI=1S/C9H12N2O3/c1-11-7(12)9(8(13)14)4-2-3-6(10)5-9/h2-4H,5,10H2,1H3,(H,11,12)(H,13,14). The molecule has 0 aromatic carbocycles. The second-order valence-corrected chi connectivity index (χ2v) is 3.13. The summed E-state index contributed by atoms with van der Waals surface area (Å²) in [6, 6.07) is 0. The highest BCUT2D eigenvalue weighted by Crippen LogP contribution is 2.30. The van der Waals surface area contributed by atoms with Crippen LogP contribution in [0.25, 0.3) is 0 Å². The Hall–Kier alpha value is -1.78. The van der Waals surface area contributed by atoms with Crippen molar-refractivity contribution < 1.29 is 14.7 Å². The first-order valence-electron chi connectivity index (χ1n) is 4.12. The topological polar surface area (TPSA) is 92.4 Å². The molecule has 1 rings (SSSR count). The first kappa shape index (κ1) is 10.3. The number of carboxylic acids is 1. The Morgan fingerprint density at radius 2 is 2.29 bits per heavy atom. The molecular weight excluding hydrogens is 184 g/mol. The molecular formula is C9H12N2O3. The van der Waals surface area contributed by atoms with E-state index in [-0.39, 0.29) is 6.42 Å². The average molecular weight is 196 g/mol. The van der Waals surface area contributed by atoms with Crippen LogP contribution in [0.5, 0.6) is 0 Å². The Morgan fingerprint density at radius 3 is 2.71 bits per heavy atom. The number of rotatable bonds is 2. The van der Waals surface area contributed by atoms with E-state index in [1.807, 2.05) is 0 Å². The molecule has 0 aliphatic heterocycles. The van der Waals surface area contributed by atoms with Gasteiger partial charge in [0.25, 0.3) is 0 Å². The predicted molar refractivity (Wildman–Crippen MR) is 50.2 cm³/mol. The third-order valence-electron chi connectivity index (χ3n) is 2.19. The molecule has 0 bridgehead atoms. The number of hydrogen-bond acceptors (Lipinski definition) is 3. The second-order valence-electron chi connectivity index (χ2n) is 3.13. The predicted octanol–water partition coefficient (Wildman–Crippen LogP) is -0.394. The van der Waals surface area contributed by atoms with Crippen molar-refractivity contribution >= 4 is 11.9 Å². The Balaban J connectivity index is 3.08. The summed E-state index contributed by atoms with van der Waals surface area (Å²) in [6.07, 6.45) is 4.44. The van der Waals surface area contributed by atoms with Gasteiger partial charge in [-0.2, -0.15) is 0 Å². The molecule has 0 aromatic rings. The summed E-state index contributed by atoms with van der Waals surface area (Å²) >= 11 is 0. The van der Waals surface area contributed by atoms with Crippen molar-refractivity contribution in [1.82, 2.24) is 5.32 Å². The van der Waals surface area contributed by atoms with Crippen LogP contribution in [-0.4, -0.2) is 24.0 Å². The highest BCUT2D eigenvalue weighted by atomic mass is 16.4. The Morgan fingerprint density at radius 1 is 1.64 bits per heavy atom. The summed E-state index contributed by atoms with van der Waals surface area (Å²) in [6.45, 7) is 0. The molecule has 5 heteroatoms. The molecule has 4 N–H and O–H groups in total. The minimum absolute atomic E-state index is 0.0124. The van der Waals surface area contributed by atoms with Crippen molar-refractivity contribution in [2.75, 3.05) is 7.05 Å². The molecule has 1 aliphatic rings. The van der Waals surface area contributed by atoms with Crippen LogP contribution in [0.3, 0.4) is 0 Å². The van der Waals surface area contributed by atoms with Crippen molar-refractivity contribution in [2.45, 2.75) is 6.42 Å². The summed E-state index contributed by atoms with van der Waals surface area (Å²) in [5, 5.41) is 11.3. The number of allylic oxidation sites excluding steroid dienone is 3. The molecule has 1 amide bonds. The first-order chi connectivity index (χ1) is 6.53. The van der Waals surface area contributed by atoms with Crippen molar-refractivity contribution in [3.8, 4) is 0 Å². The smallest absolute Gasteiger partial charge is 0.323 e. The van der Waals surface area contributed by atoms with E-state index < -0.39 is 17.3 Å². The second kappa shape index (κ2) is 3.53. The quantitative estimate of drug-likeness (QED) is 0.524. The molecule has 1 unspecified atom stereocenters. The lowest BCUT2D eigenvalue weighted by molar-refractivity contribution is -0.152. The molecule has 14 heavy (non-hydrogen) atoms. The van der Waals surface area contributed by atoms with Gasteiger partial charge in [-0.3, -0.25) is 9.59 Å². The average Bonchev–Trinajstić information content (AvgIpc) is 2.16.